The van der Waals surface area contributed by atoms with E-state index in [1.54, 1.807) is 35.9 Å². The van der Waals surface area contributed by atoms with Crippen molar-refractivity contribution in [3.05, 3.63) is 68.0 Å². The highest BCUT2D eigenvalue weighted by Gasteiger charge is 2.08. The molecule has 0 aliphatic rings. The average molecular weight is 336 g/mol. The van der Waals surface area contributed by atoms with Gasteiger partial charge in [0, 0.05) is 16.2 Å². The number of carboxylic acids is 1. The second-order valence-corrected chi connectivity index (χ2v) is 5.53. The normalized spacial score (nSPS) is 10.5. The number of hydrogen-bond acceptors (Lipinski definition) is 2. The van der Waals surface area contributed by atoms with E-state index in [0.717, 1.165) is 15.6 Å². The van der Waals surface area contributed by atoms with Crippen LogP contribution in [0.5, 0.6) is 0 Å². The molecule has 1 aromatic carbocycles. The molecule has 2 aromatic rings. The minimum absolute atomic E-state index is 0.0437. The molecule has 0 saturated carbocycles. The van der Waals surface area contributed by atoms with Crippen molar-refractivity contribution >= 4 is 21.9 Å². The van der Waals surface area contributed by atoms with E-state index in [-0.39, 0.29) is 12.0 Å². The van der Waals surface area contributed by atoms with Gasteiger partial charge in [0.2, 0.25) is 0 Å². The molecule has 1 aromatic heterocycles. The lowest BCUT2D eigenvalue weighted by Gasteiger charge is -2.11. The van der Waals surface area contributed by atoms with Crippen LogP contribution in [0.2, 0.25) is 0 Å². The summed E-state index contributed by atoms with van der Waals surface area (Å²) in [5.74, 6) is -0.879. The van der Waals surface area contributed by atoms with Gasteiger partial charge < -0.3 is 9.67 Å². The molecule has 104 valence electrons. The van der Waals surface area contributed by atoms with Crippen molar-refractivity contribution in [2.75, 3.05) is 0 Å². The van der Waals surface area contributed by atoms with Gasteiger partial charge in [0.15, 0.2) is 0 Å². The molecule has 0 fully saturated rings. The lowest BCUT2D eigenvalue weighted by Crippen LogP contribution is -2.22. The number of aryl methyl sites for hydroxylation is 1. The van der Waals surface area contributed by atoms with Crippen molar-refractivity contribution in [2.45, 2.75) is 19.9 Å². The smallest absolute Gasteiger partial charge is 0.307 e. The number of pyridine rings is 1. The minimum Gasteiger partial charge on any atom is -0.481 e. The first-order valence-electron chi connectivity index (χ1n) is 6.12. The Kier molecular flexibility index (Phi) is 4.39. The van der Waals surface area contributed by atoms with Crippen LogP contribution in [-0.4, -0.2) is 15.6 Å². The first kappa shape index (κ1) is 14.5. The van der Waals surface area contributed by atoms with E-state index >= 15 is 0 Å². The molecule has 0 radical (unpaired) electrons. The highest BCUT2D eigenvalue weighted by molar-refractivity contribution is 9.10. The monoisotopic (exact) mass is 335 g/mol. The Labute approximate surface area is 124 Å². The van der Waals surface area contributed by atoms with Crippen molar-refractivity contribution in [2.24, 2.45) is 0 Å². The van der Waals surface area contributed by atoms with Crippen LogP contribution in [0.25, 0.3) is 0 Å². The van der Waals surface area contributed by atoms with Gasteiger partial charge in [-0.3, -0.25) is 9.59 Å². The number of carbonyl (C=O) groups is 1. The van der Waals surface area contributed by atoms with Gasteiger partial charge in [-0.05, 0) is 40.0 Å². The molecule has 0 unspecified atom stereocenters. The summed E-state index contributed by atoms with van der Waals surface area (Å²) in [6.45, 7) is 2.12. The Bertz CT molecular complexity index is 707. The Morgan fingerprint density at radius 1 is 1.30 bits per heavy atom. The standard InChI is InChI=1S/C15H14BrNO3/c1-10-6-13(16)9-17(15(10)20)8-12-5-3-2-4-11(12)7-14(18)19/h2-6,9H,7-8H2,1H3,(H,18,19). The van der Waals surface area contributed by atoms with Gasteiger partial charge in [-0.2, -0.15) is 0 Å². The Morgan fingerprint density at radius 3 is 2.60 bits per heavy atom. The number of nitrogens with zero attached hydrogens (tertiary/aromatic N) is 1. The molecule has 0 aliphatic carbocycles. The summed E-state index contributed by atoms with van der Waals surface area (Å²) < 4.78 is 2.41. The van der Waals surface area contributed by atoms with Crippen molar-refractivity contribution < 1.29 is 9.90 Å². The molecule has 20 heavy (non-hydrogen) atoms. The van der Waals surface area contributed by atoms with E-state index in [9.17, 15) is 9.59 Å². The predicted molar refractivity (Wildman–Crippen MR) is 80.0 cm³/mol. The Balaban J connectivity index is 2.40. The van der Waals surface area contributed by atoms with Gasteiger partial charge in [-0.25, -0.2) is 0 Å². The quantitative estimate of drug-likeness (QED) is 0.934. The lowest BCUT2D eigenvalue weighted by molar-refractivity contribution is -0.136. The van der Waals surface area contributed by atoms with E-state index in [1.807, 2.05) is 12.1 Å². The first-order chi connectivity index (χ1) is 9.47. The summed E-state index contributed by atoms with van der Waals surface area (Å²) >= 11 is 3.37. The van der Waals surface area contributed by atoms with Gasteiger partial charge in [-0.1, -0.05) is 24.3 Å². The Hall–Kier alpha value is -1.88. The fourth-order valence-corrected chi connectivity index (χ4v) is 2.68. The molecule has 0 aliphatic heterocycles. The van der Waals surface area contributed by atoms with E-state index in [1.165, 1.54) is 0 Å². The van der Waals surface area contributed by atoms with Crippen molar-refractivity contribution in [1.29, 1.82) is 0 Å². The van der Waals surface area contributed by atoms with Gasteiger partial charge in [0.1, 0.15) is 0 Å². The van der Waals surface area contributed by atoms with Crippen molar-refractivity contribution in [3.63, 3.8) is 0 Å². The fourth-order valence-electron chi connectivity index (χ4n) is 2.09. The second-order valence-electron chi connectivity index (χ2n) is 4.61. The van der Waals surface area contributed by atoms with E-state index in [2.05, 4.69) is 15.9 Å². The number of benzene rings is 1. The summed E-state index contributed by atoms with van der Waals surface area (Å²) in [6, 6.07) is 9.04. The summed E-state index contributed by atoms with van der Waals surface area (Å²) in [5, 5.41) is 8.92. The minimum atomic E-state index is -0.879. The van der Waals surface area contributed by atoms with Gasteiger partial charge in [0.05, 0.1) is 13.0 Å². The number of halogens is 1. The van der Waals surface area contributed by atoms with Crippen LogP contribution in [0.3, 0.4) is 0 Å². The molecule has 0 amide bonds. The van der Waals surface area contributed by atoms with Crippen LogP contribution in [-0.2, 0) is 17.8 Å². The molecule has 1 heterocycles. The molecular formula is C15H14BrNO3. The molecule has 0 saturated heterocycles. The number of aliphatic carboxylic acids is 1. The molecule has 0 atom stereocenters. The predicted octanol–water partition coefficient (Wildman–Crippen LogP) is 2.59. The largest absolute Gasteiger partial charge is 0.481 e. The van der Waals surface area contributed by atoms with Crippen LogP contribution in [0.1, 0.15) is 16.7 Å². The summed E-state index contributed by atoms with van der Waals surface area (Å²) in [5.41, 5.74) is 2.15. The topological polar surface area (TPSA) is 59.3 Å². The summed E-state index contributed by atoms with van der Waals surface area (Å²) in [4.78, 5) is 23.0. The average Bonchev–Trinajstić information content (AvgIpc) is 2.37. The third-order valence-corrected chi connectivity index (χ3v) is 3.47. The molecule has 5 heteroatoms. The molecule has 2 rings (SSSR count). The SMILES string of the molecule is Cc1cc(Br)cn(Cc2ccccc2CC(=O)O)c1=O. The first-order valence-corrected chi connectivity index (χ1v) is 6.92. The second kappa shape index (κ2) is 6.05. The number of aromatic nitrogens is 1. The van der Waals surface area contributed by atoms with Crippen LogP contribution in [0.4, 0.5) is 0 Å². The van der Waals surface area contributed by atoms with Gasteiger partial charge in [0.25, 0.3) is 5.56 Å². The summed E-state index contributed by atoms with van der Waals surface area (Å²) in [7, 11) is 0. The van der Waals surface area contributed by atoms with Gasteiger partial charge >= 0.3 is 5.97 Å². The van der Waals surface area contributed by atoms with Crippen LogP contribution in [0.15, 0.2) is 45.8 Å². The number of hydrogen-bond donors (Lipinski definition) is 1. The summed E-state index contributed by atoms with van der Waals surface area (Å²) in [6.07, 6.45) is 1.67. The van der Waals surface area contributed by atoms with Crippen LogP contribution < -0.4 is 5.56 Å². The van der Waals surface area contributed by atoms with Gasteiger partial charge in [-0.15, -0.1) is 0 Å². The van der Waals surface area contributed by atoms with Crippen molar-refractivity contribution in [1.82, 2.24) is 4.57 Å². The fraction of sp³-hybridized carbons (Fsp3) is 0.200. The third-order valence-electron chi connectivity index (χ3n) is 3.03. The van der Waals surface area contributed by atoms with Crippen molar-refractivity contribution in [3.8, 4) is 0 Å². The highest BCUT2D eigenvalue weighted by atomic mass is 79.9. The van der Waals surface area contributed by atoms with E-state index < -0.39 is 5.97 Å². The maximum atomic E-state index is 12.1. The lowest BCUT2D eigenvalue weighted by atomic mass is 10.0. The van der Waals surface area contributed by atoms with E-state index in [4.69, 9.17) is 5.11 Å². The van der Waals surface area contributed by atoms with Crippen LogP contribution in [0, 0.1) is 6.92 Å². The highest BCUT2D eigenvalue weighted by Crippen LogP contribution is 2.13. The zero-order valence-electron chi connectivity index (χ0n) is 11.0. The number of carboxylic acid groups (broad SMARTS) is 1. The number of rotatable bonds is 4. The molecule has 1 N–H and O–H groups in total. The zero-order chi connectivity index (χ0) is 14.7. The molecule has 0 bridgehead atoms. The van der Waals surface area contributed by atoms with Crippen LogP contribution >= 0.6 is 15.9 Å². The molecular weight excluding hydrogens is 322 g/mol. The molecule has 4 nitrogen and oxygen atoms in total. The molecule has 0 spiro atoms. The third kappa shape index (κ3) is 3.36. The Morgan fingerprint density at radius 2 is 1.95 bits per heavy atom. The maximum absolute atomic E-state index is 12.1. The van der Waals surface area contributed by atoms with E-state index in [0.29, 0.717) is 12.1 Å². The maximum Gasteiger partial charge on any atom is 0.307 e. The zero-order valence-corrected chi connectivity index (χ0v) is 12.6.